The fraction of sp³-hybridized carbons (Fsp3) is 0.250. The summed E-state index contributed by atoms with van der Waals surface area (Å²) in [6, 6.07) is 11.8. The van der Waals surface area contributed by atoms with E-state index >= 15 is 0 Å². The molecule has 0 atom stereocenters. The van der Waals surface area contributed by atoms with Gasteiger partial charge in [-0.3, -0.25) is 9.78 Å². The second-order valence-electron chi connectivity index (χ2n) is 4.93. The molecule has 3 heteroatoms. The Hall–Kier alpha value is -2.16. The summed E-state index contributed by atoms with van der Waals surface area (Å²) < 4.78 is 0. The van der Waals surface area contributed by atoms with E-state index in [9.17, 15) is 4.79 Å². The second-order valence-corrected chi connectivity index (χ2v) is 4.93. The lowest BCUT2D eigenvalue weighted by Gasteiger charge is -2.06. The number of aromatic nitrogens is 1. The number of carboxylic acid groups (broad SMARTS) is 1. The lowest BCUT2D eigenvalue weighted by Crippen LogP contribution is -2.00. The first-order chi connectivity index (χ1) is 9.22. The number of aryl methyl sites for hydroxylation is 2. The Bertz CT molecular complexity index is 634. The molecule has 1 aromatic heterocycles. The van der Waals surface area contributed by atoms with E-state index in [4.69, 9.17) is 10.1 Å². The third-order valence-electron chi connectivity index (χ3n) is 3.51. The van der Waals surface area contributed by atoms with Gasteiger partial charge in [0.2, 0.25) is 0 Å². The largest absolute Gasteiger partial charge is 0.481 e. The number of benzene rings is 1. The maximum Gasteiger partial charge on any atom is 0.307 e. The Labute approximate surface area is 111 Å². The predicted octanol–water partition coefficient (Wildman–Crippen LogP) is 2.86. The molecule has 0 fully saturated rings. The zero-order chi connectivity index (χ0) is 13.2. The predicted molar refractivity (Wildman–Crippen MR) is 73.0 cm³/mol. The van der Waals surface area contributed by atoms with E-state index in [1.807, 2.05) is 30.3 Å². The van der Waals surface area contributed by atoms with Crippen LogP contribution >= 0.6 is 0 Å². The van der Waals surface area contributed by atoms with Crippen LogP contribution in [0, 0.1) is 0 Å². The Morgan fingerprint density at radius 3 is 2.95 bits per heavy atom. The number of hydrogen-bond donors (Lipinski definition) is 1. The Kier molecular flexibility index (Phi) is 3.03. The first-order valence-corrected chi connectivity index (χ1v) is 6.52. The van der Waals surface area contributed by atoms with E-state index in [0.717, 1.165) is 29.7 Å². The van der Waals surface area contributed by atoms with Gasteiger partial charge in [0.05, 0.1) is 12.1 Å². The highest BCUT2D eigenvalue weighted by Gasteiger charge is 2.13. The van der Waals surface area contributed by atoms with Crippen molar-refractivity contribution < 1.29 is 9.90 Å². The molecular formula is C16H15NO2. The zero-order valence-electron chi connectivity index (χ0n) is 10.6. The number of carboxylic acids is 1. The van der Waals surface area contributed by atoms with Gasteiger partial charge in [0.1, 0.15) is 0 Å². The number of hydrogen-bond acceptors (Lipinski definition) is 2. The summed E-state index contributed by atoms with van der Waals surface area (Å²) in [4.78, 5) is 15.5. The Morgan fingerprint density at radius 2 is 2.11 bits per heavy atom. The van der Waals surface area contributed by atoms with Crippen LogP contribution in [0.4, 0.5) is 0 Å². The van der Waals surface area contributed by atoms with E-state index < -0.39 is 5.97 Å². The molecule has 1 aromatic carbocycles. The van der Waals surface area contributed by atoms with Gasteiger partial charge in [-0.2, -0.15) is 0 Å². The molecule has 0 aliphatic heterocycles. The first kappa shape index (κ1) is 11.9. The maximum atomic E-state index is 10.8. The van der Waals surface area contributed by atoms with Crippen molar-refractivity contribution in [3.63, 3.8) is 0 Å². The maximum absolute atomic E-state index is 10.8. The molecule has 3 rings (SSSR count). The third kappa shape index (κ3) is 2.50. The topological polar surface area (TPSA) is 50.2 Å². The summed E-state index contributed by atoms with van der Waals surface area (Å²) >= 11 is 0. The van der Waals surface area contributed by atoms with Crippen LogP contribution in [-0.4, -0.2) is 16.1 Å². The van der Waals surface area contributed by atoms with Crippen LogP contribution in [0.25, 0.3) is 11.3 Å². The van der Waals surface area contributed by atoms with Gasteiger partial charge in [-0.15, -0.1) is 0 Å². The van der Waals surface area contributed by atoms with Gasteiger partial charge in [0.25, 0.3) is 0 Å². The van der Waals surface area contributed by atoms with Crippen molar-refractivity contribution in [3.8, 4) is 11.3 Å². The van der Waals surface area contributed by atoms with E-state index in [2.05, 4.69) is 6.07 Å². The fourth-order valence-electron chi connectivity index (χ4n) is 2.60. The van der Waals surface area contributed by atoms with E-state index in [0.29, 0.717) is 0 Å². The number of aliphatic carboxylic acids is 1. The van der Waals surface area contributed by atoms with Gasteiger partial charge >= 0.3 is 5.97 Å². The lowest BCUT2D eigenvalue weighted by molar-refractivity contribution is -0.136. The molecule has 0 amide bonds. The SMILES string of the molecule is O=C(O)Cc1cccc(-c2ccc3c(n2)CCC3)c1. The number of nitrogens with zero attached hydrogens (tertiary/aromatic N) is 1. The number of carbonyl (C=O) groups is 1. The van der Waals surface area contributed by atoms with Crippen molar-refractivity contribution >= 4 is 5.97 Å². The van der Waals surface area contributed by atoms with E-state index in [-0.39, 0.29) is 6.42 Å². The van der Waals surface area contributed by atoms with Crippen LogP contribution in [0.2, 0.25) is 0 Å². The molecule has 1 heterocycles. The number of pyridine rings is 1. The first-order valence-electron chi connectivity index (χ1n) is 6.52. The summed E-state index contributed by atoms with van der Waals surface area (Å²) in [5.74, 6) is -0.806. The minimum absolute atomic E-state index is 0.0543. The summed E-state index contributed by atoms with van der Waals surface area (Å²) in [5, 5.41) is 8.84. The van der Waals surface area contributed by atoms with Crippen LogP contribution < -0.4 is 0 Å². The molecule has 0 bridgehead atoms. The highest BCUT2D eigenvalue weighted by Crippen LogP contribution is 2.25. The average molecular weight is 253 g/mol. The smallest absolute Gasteiger partial charge is 0.307 e. The molecule has 19 heavy (non-hydrogen) atoms. The third-order valence-corrected chi connectivity index (χ3v) is 3.51. The van der Waals surface area contributed by atoms with Crippen molar-refractivity contribution in [2.24, 2.45) is 0 Å². The van der Waals surface area contributed by atoms with E-state index in [1.165, 1.54) is 17.7 Å². The molecule has 3 nitrogen and oxygen atoms in total. The summed E-state index contributed by atoms with van der Waals surface area (Å²) in [6.45, 7) is 0. The number of rotatable bonds is 3. The standard InChI is InChI=1S/C16H15NO2/c18-16(19)10-11-3-1-5-13(9-11)15-8-7-12-4-2-6-14(12)17-15/h1,3,5,7-9H,2,4,6,10H2,(H,18,19). The highest BCUT2D eigenvalue weighted by atomic mass is 16.4. The summed E-state index contributed by atoms with van der Waals surface area (Å²) in [6.07, 6.45) is 3.42. The molecule has 0 spiro atoms. The van der Waals surface area contributed by atoms with Crippen LogP contribution in [0.1, 0.15) is 23.2 Å². The van der Waals surface area contributed by atoms with Crippen LogP contribution in [0.5, 0.6) is 0 Å². The van der Waals surface area contributed by atoms with Gasteiger partial charge in [-0.05, 0) is 42.5 Å². The summed E-state index contributed by atoms with van der Waals surface area (Å²) in [5.41, 5.74) is 5.29. The second kappa shape index (κ2) is 4.84. The molecule has 0 saturated carbocycles. The van der Waals surface area contributed by atoms with Crippen molar-refractivity contribution in [2.75, 3.05) is 0 Å². The molecule has 1 aliphatic rings. The van der Waals surface area contributed by atoms with Gasteiger partial charge in [-0.1, -0.05) is 24.3 Å². The van der Waals surface area contributed by atoms with Crippen molar-refractivity contribution in [3.05, 3.63) is 53.2 Å². The van der Waals surface area contributed by atoms with Gasteiger partial charge in [0, 0.05) is 11.3 Å². The molecule has 96 valence electrons. The normalized spacial score (nSPS) is 13.3. The van der Waals surface area contributed by atoms with Gasteiger partial charge < -0.3 is 5.11 Å². The molecule has 2 aromatic rings. The molecule has 1 N–H and O–H groups in total. The molecule has 0 saturated heterocycles. The van der Waals surface area contributed by atoms with Crippen LogP contribution in [-0.2, 0) is 24.1 Å². The van der Waals surface area contributed by atoms with Gasteiger partial charge in [0.15, 0.2) is 0 Å². The monoisotopic (exact) mass is 253 g/mol. The van der Waals surface area contributed by atoms with Crippen molar-refractivity contribution in [1.29, 1.82) is 0 Å². The lowest BCUT2D eigenvalue weighted by atomic mass is 10.0. The van der Waals surface area contributed by atoms with E-state index in [1.54, 1.807) is 0 Å². The average Bonchev–Trinajstić information content (AvgIpc) is 2.85. The highest BCUT2D eigenvalue weighted by molar-refractivity contribution is 5.71. The fourth-order valence-corrected chi connectivity index (χ4v) is 2.60. The minimum Gasteiger partial charge on any atom is -0.481 e. The molecule has 0 radical (unpaired) electrons. The van der Waals surface area contributed by atoms with Crippen molar-refractivity contribution in [2.45, 2.75) is 25.7 Å². The van der Waals surface area contributed by atoms with Crippen molar-refractivity contribution in [1.82, 2.24) is 4.98 Å². The Balaban J connectivity index is 1.95. The summed E-state index contributed by atoms with van der Waals surface area (Å²) in [7, 11) is 0. The molecule has 1 aliphatic carbocycles. The quantitative estimate of drug-likeness (QED) is 0.915. The van der Waals surface area contributed by atoms with Crippen LogP contribution in [0.3, 0.4) is 0 Å². The van der Waals surface area contributed by atoms with Gasteiger partial charge in [-0.25, -0.2) is 0 Å². The molecular weight excluding hydrogens is 238 g/mol. The Morgan fingerprint density at radius 1 is 1.21 bits per heavy atom. The van der Waals surface area contributed by atoms with Crippen LogP contribution in [0.15, 0.2) is 36.4 Å². The minimum atomic E-state index is -0.806. The zero-order valence-corrected chi connectivity index (χ0v) is 10.6. The number of fused-ring (bicyclic) bond motifs is 1. The molecule has 0 unspecified atom stereocenters.